The van der Waals surface area contributed by atoms with Crippen molar-refractivity contribution in [3.8, 4) is 22.5 Å². The largest absolute Gasteiger partial charge is 0.246 e. The molecule has 0 aliphatic heterocycles. The highest BCUT2D eigenvalue weighted by atomic mass is 35.5. The van der Waals surface area contributed by atoms with Gasteiger partial charge in [0.2, 0.25) is 0 Å². The highest BCUT2D eigenvalue weighted by molar-refractivity contribution is 7.25. The molecule has 2 nitrogen and oxygen atoms in total. The van der Waals surface area contributed by atoms with Gasteiger partial charge in [-0.1, -0.05) is 74.0 Å². The maximum absolute atomic E-state index is 6.67. The molecule has 3 aromatic carbocycles. The molecule has 2 aromatic heterocycles. The summed E-state index contributed by atoms with van der Waals surface area (Å²) >= 11 is 8.49. The van der Waals surface area contributed by atoms with E-state index >= 15 is 0 Å². The summed E-state index contributed by atoms with van der Waals surface area (Å²) in [5, 5.41) is 2.96. The molecule has 0 atom stereocenters. The molecule has 4 heteroatoms. The molecule has 5 aromatic rings. The van der Waals surface area contributed by atoms with Gasteiger partial charge in [0, 0.05) is 36.7 Å². The maximum atomic E-state index is 6.67. The van der Waals surface area contributed by atoms with E-state index in [4.69, 9.17) is 21.6 Å². The molecule has 0 radical (unpaired) electrons. The predicted octanol–water partition coefficient (Wildman–Crippen LogP) is 7.47. The fourth-order valence-corrected chi connectivity index (χ4v) is 5.78. The van der Waals surface area contributed by atoms with Gasteiger partial charge in [0.05, 0.1) is 11.4 Å². The fourth-order valence-electron chi connectivity index (χ4n) is 4.46. The van der Waals surface area contributed by atoms with Crippen LogP contribution in [0.4, 0.5) is 0 Å². The van der Waals surface area contributed by atoms with Crippen LogP contribution in [0.3, 0.4) is 0 Å². The lowest BCUT2D eigenvalue weighted by molar-refractivity contribution is 0.636. The Morgan fingerprint density at radius 3 is 2.45 bits per heavy atom. The van der Waals surface area contributed by atoms with Crippen LogP contribution in [-0.4, -0.2) is 9.97 Å². The molecule has 0 fully saturated rings. The van der Waals surface area contributed by atoms with Crippen molar-refractivity contribution in [3.63, 3.8) is 0 Å². The molecule has 29 heavy (non-hydrogen) atoms. The van der Waals surface area contributed by atoms with E-state index in [1.165, 1.54) is 25.7 Å². The van der Waals surface area contributed by atoms with Crippen molar-refractivity contribution >= 4 is 43.1 Å². The molecule has 1 aliphatic rings. The van der Waals surface area contributed by atoms with Crippen LogP contribution >= 0.6 is 22.9 Å². The van der Waals surface area contributed by atoms with Crippen molar-refractivity contribution in [1.82, 2.24) is 9.97 Å². The molecule has 140 valence electrons. The zero-order valence-corrected chi connectivity index (χ0v) is 17.6. The van der Waals surface area contributed by atoms with Gasteiger partial charge < -0.3 is 0 Å². The first-order valence-electron chi connectivity index (χ1n) is 9.63. The molecular weight excluding hydrogens is 396 g/mol. The Labute approximate surface area is 177 Å². The lowest BCUT2D eigenvalue weighted by Gasteiger charge is -2.20. The van der Waals surface area contributed by atoms with Crippen LogP contribution in [0, 0.1) is 0 Å². The number of nitrogens with zero attached hydrogens (tertiary/aromatic N) is 2. The lowest BCUT2D eigenvalue weighted by Crippen LogP contribution is -2.17. The molecule has 0 bridgehead atoms. The second-order valence-corrected chi connectivity index (χ2v) is 9.48. The predicted molar refractivity (Wildman–Crippen MR) is 123 cm³/mol. The first-order valence-corrected chi connectivity index (χ1v) is 10.8. The average Bonchev–Trinajstić information content (AvgIpc) is 3.20. The number of thiophene rings is 1. The number of benzene rings is 3. The van der Waals surface area contributed by atoms with E-state index in [0.29, 0.717) is 5.15 Å². The molecule has 2 heterocycles. The van der Waals surface area contributed by atoms with Crippen LogP contribution in [0.15, 0.2) is 66.7 Å². The third-order valence-electron chi connectivity index (χ3n) is 5.95. The monoisotopic (exact) mass is 412 g/mol. The summed E-state index contributed by atoms with van der Waals surface area (Å²) < 4.78 is 2.57. The van der Waals surface area contributed by atoms with Crippen molar-refractivity contribution < 1.29 is 0 Å². The Morgan fingerprint density at radius 1 is 0.793 bits per heavy atom. The van der Waals surface area contributed by atoms with E-state index in [0.717, 1.165) is 28.2 Å². The minimum absolute atomic E-state index is 0.197. The molecule has 0 amide bonds. The Kier molecular flexibility index (Phi) is 3.48. The second-order valence-electron chi connectivity index (χ2n) is 8.04. The Hall–Kier alpha value is -2.75. The molecule has 0 spiro atoms. The van der Waals surface area contributed by atoms with Crippen LogP contribution in [0.25, 0.3) is 42.7 Å². The lowest BCUT2D eigenvalue weighted by atomic mass is 9.85. The summed E-state index contributed by atoms with van der Waals surface area (Å²) in [5.41, 5.74) is 5.85. The van der Waals surface area contributed by atoms with Gasteiger partial charge in [0.25, 0.3) is 0 Å². The highest BCUT2D eigenvalue weighted by Gasteiger charge is 2.38. The number of aromatic nitrogens is 2. The summed E-state index contributed by atoms with van der Waals surface area (Å²) in [4.78, 5) is 9.87. The normalized spacial score (nSPS) is 14.3. The summed E-state index contributed by atoms with van der Waals surface area (Å²) in [7, 11) is 0. The number of fused-ring (bicyclic) bond motifs is 6. The van der Waals surface area contributed by atoms with Crippen molar-refractivity contribution in [2.75, 3.05) is 0 Å². The van der Waals surface area contributed by atoms with Gasteiger partial charge in [-0.2, -0.15) is 0 Å². The SMILES string of the molecule is CC1(C)c2ccccc2-c2nc(Cl)c(-c3ccc4sc5ccccc5c4c3)nc21. The van der Waals surface area contributed by atoms with Gasteiger partial charge >= 0.3 is 0 Å². The molecule has 1 aliphatic carbocycles. The standard InChI is InChI=1S/C25H17ClN2S/c1-25(2)18-9-5-3-8-16(18)22-23(25)27-21(24(26)28-22)14-11-12-20-17(13-14)15-7-4-6-10-19(15)29-20/h3-13H,1-2H3. The Morgan fingerprint density at radius 2 is 1.55 bits per heavy atom. The van der Waals surface area contributed by atoms with Crippen molar-refractivity contribution in [2.24, 2.45) is 0 Å². The number of hydrogen-bond acceptors (Lipinski definition) is 3. The fraction of sp³-hybridized carbons (Fsp3) is 0.120. The Bertz CT molecular complexity index is 1450. The first kappa shape index (κ1) is 17.1. The van der Waals surface area contributed by atoms with Crippen molar-refractivity contribution in [2.45, 2.75) is 19.3 Å². The van der Waals surface area contributed by atoms with E-state index in [2.05, 4.69) is 74.5 Å². The molecule has 6 rings (SSSR count). The quantitative estimate of drug-likeness (QED) is 0.285. The number of rotatable bonds is 1. The average molecular weight is 413 g/mol. The van der Waals surface area contributed by atoms with E-state index in [9.17, 15) is 0 Å². The van der Waals surface area contributed by atoms with Crippen LogP contribution < -0.4 is 0 Å². The first-order chi connectivity index (χ1) is 14.0. The van der Waals surface area contributed by atoms with Crippen LogP contribution in [-0.2, 0) is 5.41 Å². The van der Waals surface area contributed by atoms with Crippen LogP contribution in [0.2, 0.25) is 5.15 Å². The van der Waals surface area contributed by atoms with Gasteiger partial charge in [-0.25, -0.2) is 9.97 Å². The topological polar surface area (TPSA) is 25.8 Å². The second kappa shape index (κ2) is 5.88. The summed E-state index contributed by atoms with van der Waals surface area (Å²) in [6, 6.07) is 23.4. The molecule has 0 unspecified atom stereocenters. The zero-order valence-electron chi connectivity index (χ0n) is 16.0. The minimum Gasteiger partial charge on any atom is -0.246 e. The molecule has 0 N–H and O–H groups in total. The van der Waals surface area contributed by atoms with Crippen LogP contribution in [0.5, 0.6) is 0 Å². The van der Waals surface area contributed by atoms with E-state index in [1.54, 1.807) is 0 Å². The number of halogens is 1. The molecule has 0 saturated carbocycles. The van der Waals surface area contributed by atoms with Crippen molar-refractivity contribution in [3.05, 3.63) is 83.1 Å². The maximum Gasteiger partial charge on any atom is 0.156 e. The molecule has 0 saturated heterocycles. The van der Waals surface area contributed by atoms with Gasteiger partial charge in [-0.15, -0.1) is 11.3 Å². The summed E-state index contributed by atoms with van der Waals surface area (Å²) in [5.74, 6) is 0. The van der Waals surface area contributed by atoms with Gasteiger partial charge in [-0.05, 0) is 23.8 Å². The molecular formula is C25H17ClN2S. The zero-order chi connectivity index (χ0) is 19.8. The summed E-state index contributed by atoms with van der Waals surface area (Å²) in [6.45, 7) is 4.42. The van der Waals surface area contributed by atoms with Gasteiger partial charge in [0.1, 0.15) is 5.69 Å². The van der Waals surface area contributed by atoms with Crippen LogP contribution in [0.1, 0.15) is 25.1 Å². The Balaban J connectivity index is 1.59. The minimum atomic E-state index is -0.197. The number of hydrogen-bond donors (Lipinski definition) is 0. The van der Waals surface area contributed by atoms with E-state index < -0.39 is 0 Å². The highest BCUT2D eigenvalue weighted by Crippen LogP contribution is 2.48. The van der Waals surface area contributed by atoms with Gasteiger partial charge in [-0.3, -0.25) is 0 Å². The van der Waals surface area contributed by atoms with Gasteiger partial charge in [0.15, 0.2) is 5.15 Å². The van der Waals surface area contributed by atoms with E-state index in [-0.39, 0.29) is 5.41 Å². The smallest absolute Gasteiger partial charge is 0.156 e. The van der Waals surface area contributed by atoms with Crippen molar-refractivity contribution in [1.29, 1.82) is 0 Å². The third kappa shape index (κ3) is 2.35. The summed E-state index contributed by atoms with van der Waals surface area (Å²) in [6.07, 6.45) is 0. The third-order valence-corrected chi connectivity index (χ3v) is 7.37. The van der Waals surface area contributed by atoms with E-state index in [1.807, 2.05) is 17.4 Å².